The summed E-state index contributed by atoms with van der Waals surface area (Å²) in [5.74, 6) is 0.427. The zero-order valence-corrected chi connectivity index (χ0v) is 13.7. The molecule has 0 saturated heterocycles. The van der Waals surface area contributed by atoms with E-state index in [-0.39, 0.29) is 5.91 Å². The first kappa shape index (κ1) is 15.1. The van der Waals surface area contributed by atoms with E-state index in [4.69, 9.17) is 4.74 Å². The van der Waals surface area contributed by atoms with Crippen LogP contribution in [0.5, 0.6) is 5.75 Å². The molecule has 0 atom stereocenters. The molecule has 5 heteroatoms. The van der Waals surface area contributed by atoms with Crippen molar-refractivity contribution in [3.63, 3.8) is 0 Å². The number of anilines is 1. The highest BCUT2D eigenvalue weighted by molar-refractivity contribution is 6.05. The molecule has 0 aliphatic carbocycles. The van der Waals surface area contributed by atoms with E-state index in [1.807, 2.05) is 61.7 Å². The number of imidazole rings is 1. The van der Waals surface area contributed by atoms with Crippen molar-refractivity contribution in [1.82, 2.24) is 9.38 Å². The Morgan fingerprint density at radius 2 is 1.87 bits per heavy atom. The topological polar surface area (TPSA) is 55.6 Å². The summed E-state index contributed by atoms with van der Waals surface area (Å²) in [6.45, 7) is 5.79. The lowest BCUT2D eigenvalue weighted by molar-refractivity contribution is 0.102. The number of methoxy groups -OCH3 is 1. The summed E-state index contributed by atoms with van der Waals surface area (Å²) >= 11 is 0. The molecule has 0 aliphatic rings. The number of carbonyl (C=O) groups excluding carboxylic acids is 1. The van der Waals surface area contributed by atoms with E-state index in [1.165, 1.54) is 0 Å². The van der Waals surface area contributed by atoms with Gasteiger partial charge in [-0.25, -0.2) is 4.98 Å². The fraction of sp³-hybridized carbons (Fsp3) is 0.222. The second-order valence-electron chi connectivity index (χ2n) is 5.64. The number of amides is 1. The van der Waals surface area contributed by atoms with Gasteiger partial charge in [-0.05, 0) is 50.1 Å². The SMILES string of the molecule is COc1ccc(C)cc1NC(=O)c1c(C)nc2ccc(C)cn12. The molecule has 0 bridgehead atoms. The number of hydrogen-bond donors (Lipinski definition) is 1. The highest BCUT2D eigenvalue weighted by Crippen LogP contribution is 2.26. The number of nitrogens with zero attached hydrogens (tertiary/aromatic N) is 2. The van der Waals surface area contributed by atoms with Gasteiger partial charge in [0.2, 0.25) is 0 Å². The maximum atomic E-state index is 12.8. The second-order valence-corrected chi connectivity index (χ2v) is 5.64. The van der Waals surface area contributed by atoms with Crippen LogP contribution in [0.25, 0.3) is 5.65 Å². The average Bonchev–Trinajstić information content (AvgIpc) is 2.82. The largest absolute Gasteiger partial charge is 0.495 e. The number of ether oxygens (including phenoxy) is 1. The first-order valence-corrected chi connectivity index (χ1v) is 7.41. The van der Waals surface area contributed by atoms with E-state index in [0.29, 0.717) is 22.8 Å². The number of aromatic nitrogens is 2. The van der Waals surface area contributed by atoms with E-state index in [2.05, 4.69) is 10.3 Å². The molecular weight excluding hydrogens is 290 g/mol. The lowest BCUT2D eigenvalue weighted by atomic mass is 10.2. The van der Waals surface area contributed by atoms with Crippen molar-refractivity contribution < 1.29 is 9.53 Å². The van der Waals surface area contributed by atoms with Crippen LogP contribution in [0.1, 0.15) is 27.3 Å². The third-order valence-corrected chi connectivity index (χ3v) is 3.76. The van der Waals surface area contributed by atoms with Gasteiger partial charge in [0.1, 0.15) is 17.1 Å². The standard InChI is InChI=1S/C18H19N3O2/c1-11-5-7-15(23-4)14(9-11)20-18(22)17-13(3)19-16-8-6-12(2)10-21(16)17/h5-10H,1-4H3,(H,20,22). The van der Waals surface area contributed by atoms with Crippen LogP contribution < -0.4 is 10.1 Å². The Hall–Kier alpha value is -2.82. The van der Waals surface area contributed by atoms with Crippen LogP contribution in [0, 0.1) is 20.8 Å². The minimum absolute atomic E-state index is 0.204. The minimum Gasteiger partial charge on any atom is -0.495 e. The Bertz CT molecular complexity index is 897. The Balaban J connectivity index is 2.03. The predicted octanol–water partition coefficient (Wildman–Crippen LogP) is 3.52. The smallest absolute Gasteiger partial charge is 0.274 e. The zero-order chi connectivity index (χ0) is 16.6. The lowest BCUT2D eigenvalue weighted by Gasteiger charge is -2.11. The summed E-state index contributed by atoms with van der Waals surface area (Å²) in [7, 11) is 1.59. The number of pyridine rings is 1. The summed E-state index contributed by atoms with van der Waals surface area (Å²) < 4.78 is 7.14. The summed E-state index contributed by atoms with van der Waals surface area (Å²) in [5, 5.41) is 2.93. The van der Waals surface area contributed by atoms with Crippen LogP contribution in [0.15, 0.2) is 36.5 Å². The Kier molecular flexibility index (Phi) is 3.78. The zero-order valence-electron chi connectivity index (χ0n) is 13.7. The fourth-order valence-corrected chi connectivity index (χ4v) is 2.64. The highest BCUT2D eigenvalue weighted by atomic mass is 16.5. The third kappa shape index (κ3) is 2.77. The number of hydrogen-bond acceptors (Lipinski definition) is 3. The molecule has 2 aromatic heterocycles. The van der Waals surface area contributed by atoms with Gasteiger partial charge in [-0.1, -0.05) is 12.1 Å². The molecule has 1 N–H and O–H groups in total. The Morgan fingerprint density at radius 1 is 1.13 bits per heavy atom. The van der Waals surface area contributed by atoms with Crippen LogP contribution in [-0.2, 0) is 0 Å². The van der Waals surface area contributed by atoms with Crippen molar-refractivity contribution in [1.29, 1.82) is 0 Å². The number of aryl methyl sites for hydroxylation is 3. The van der Waals surface area contributed by atoms with Gasteiger partial charge < -0.3 is 10.1 Å². The molecule has 1 aromatic carbocycles. The molecule has 3 aromatic rings. The molecule has 3 rings (SSSR count). The molecule has 0 spiro atoms. The van der Waals surface area contributed by atoms with Crippen LogP contribution in [0.2, 0.25) is 0 Å². The average molecular weight is 309 g/mol. The van der Waals surface area contributed by atoms with Crippen molar-refractivity contribution in [2.24, 2.45) is 0 Å². The van der Waals surface area contributed by atoms with Crippen LogP contribution in [0.4, 0.5) is 5.69 Å². The van der Waals surface area contributed by atoms with Crippen LogP contribution in [0.3, 0.4) is 0 Å². The minimum atomic E-state index is -0.204. The molecule has 0 radical (unpaired) electrons. The first-order valence-electron chi connectivity index (χ1n) is 7.41. The second kappa shape index (κ2) is 5.76. The van der Waals surface area contributed by atoms with E-state index in [0.717, 1.165) is 16.8 Å². The Labute approximate surface area is 134 Å². The molecule has 23 heavy (non-hydrogen) atoms. The summed E-state index contributed by atoms with van der Waals surface area (Å²) in [6.07, 6.45) is 1.91. The van der Waals surface area contributed by atoms with Gasteiger partial charge >= 0.3 is 0 Å². The number of nitrogens with one attached hydrogen (secondary N) is 1. The van der Waals surface area contributed by atoms with Gasteiger partial charge in [0.15, 0.2) is 0 Å². The normalized spacial score (nSPS) is 10.8. The number of rotatable bonds is 3. The Morgan fingerprint density at radius 3 is 2.61 bits per heavy atom. The van der Waals surface area contributed by atoms with Gasteiger partial charge in [0.25, 0.3) is 5.91 Å². The molecule has 5 nitrogen and oxygen atoms in total. The first-order chi connectivity index (χ1) is 11.0. The fourth-order valence-electron chi connectivity index (χ4n) is 2.64. The highest BCUT2D eigenvalue weighted by Gasteiger charge is 2.18. The molecule has 0 saturated carbocycles. The lowest BCUT2D eigenvalue weighted by Crippen LogP contribution is -2.16. The van der Waals surface area contributed by atoms with Crippen molar-refractivity contribution >= 4 is 17.2 Å². The van der Waals surface area contributed by atoms with Crippen molar-refractivity contribution in [2.75, 3.05) is 12.4 Å². The molecular formula is C18H19N3O2. The van der Waals surface area contributed by atoms with E-state index in [1.54, 1.807) is 7.11 Å². The van der Waals surface area contributed by atoms with E-state index < -0.39 is 0 Å². The molecule has 0 unspecified atom stereocenters. The monoisotopic (exact) mass is 309 g/mol. The third-order valence-electron chi connectivity index (χ3n) is 3.76. The van der Waals surface area contributed by atoms with Gasteiger partial charge in [-0.3, -0.25) is 9.20 Å². The molecule has 1 amide bonds. The maximum Gasteiger partial charge on any atom is 0.274 e. The molecule has 2 heterocycles. The summed E-state index contributed by atoms with van der Waals surface area (Å²) in [6, 6.07) is 9.56. The number of benzene rings is 1. The maximum absolute atomic E-state index is 12.8. The summed E-state index contributed by atoms with van der Waals surface area (Å²) in [4.78, 5) is 17.2. The van der Waals surface area contributed by atoms with Crippen molar-refractivity contribution in [3.8, 4) is 5.75 Å². The number of carbonyl (C=O) groups is 1. The van der Waals surface area contributed by atoms with Crippen LogP contribution >= 0.6 is 0 Å². The van der Waals surface area contributed by atoms with Gasteiger partial charge in [-0.2, -0.15) is 0 Å². The van der Waals surface area contributed by atoms with Gasteiger partial charge in [0.05, 0.1) is 18.5 Å². The van der Waals surface area contributed by atoms with Crippen molar-refractivity contribution in [3.05, 3.63) is 59.0 Å². The van der Waals surface area contributed by atoms with E-state index >= 15 is 0 Å². The van der Waals surface area contributed by atoms with Crippen molar-refractivity contribution in [2.45, 2.75) is 20.8 Å². The summed E-state index contributed by atoms with van der Waals surface area (Å²) in [5.41, 5.74) is 4.75. The predicted molar refractivity (Wildman–Crippen MR) is 90.4 cm³/mol. The molecule has 118 valence electrons. The van der Waals surface area contributed by atoms with E-state index in [9.17, 15) is 4.79 Å². The van der Waals surface area contributed by atoms with Gasteiger partial charge in [0, 0.05) is 6.20 Å². The molecule has 0 aliphatic heterocycles. The quantitative estimate of drug-likeness (QED) is 0.805. The molecule has 0 fully saturated rings. The number of fused-ring (bicyclic) bond motifs is 1. The van der Waals surface area contributed by atoms with Gasteiger partial charge in [-0.15, -0.1) is 0 Å². The van der Waals surface area contributed by atoms with Crippen LogP contribution in [-0.4, -0.2) is 22.4 Å².